The molecular formula is C27H26N4O3. The number of ether oxygens (including phenoxy) is 2. The van der Waals surface area contributed by atoms with Crippen molar-refractivity contribution < 1.29 is 14.3 Å². The van der Waals surface area contributed by atoms with Crippen LogP contribution < -0.4 is 9.47 Å². The third-order valence-electron chi connectivity index (χ3n) is 6.07. The van der Waals surface area contributed by atoms with E-state index in [9.17, 15) is 4.79 Å². The average Bonchev–Trinajstić information content (AvgIpc) is 3.40. The Morgan fingerprint density at radius 2 is 1.91 bits per heavy atom. The number of rotatable bonds is 7. The molecule has 1 amide bonds. The van der Waals surface area contributed by atoms with Crippen LogP contribution in [0.1, 0.15) is 45.7 Å². The average molecular weight is 455 g/mol. The maximum atomic E-state index is 13.6. The fourth-order valence-corrected chi connectivity index (χ4v) is 4.46. The molecule has 1 N–H and O–H groups in total. The van der Waals surface area contributed by atoms with E-state index in [0.29, 0.717) is 30.3 Å². The van der Waals surface area contributed by atoms with Gasteiger partial charge >= 0.3 is 0 Å². The summed E-state index contributed by atoms with van der Waals surface area (Å²) in [5.74, 6) is 1.20. The van der Waals surface area contributed by atoms with Crippen LogP contribution in [0, 0.1) is 6.92 Å². The molecule has 0 bridgehead atoms. The summed E-state index contributed by atoms with van der Waals surface area (Å²) >= 11 is 0. The molecule has 0 spiro atoms. The number of hydrogen-bond acceptors (Lipinski definition) is 5. The molecule has 1 aliphatic heterocycles. The van der Waals surface area contributed by atoms with Crippen molar-refractivity contribution >= 4 is 5.91 Å². The van der Waals surface area contributed by atoms with E-state index in [-0.39, 0.29) is 11.9 Å². The molecule has 0 radical (unpaired) electrons. The van der Waals surface area contributed by atoms with E-state index in [2.05, 4.69) is 27.3 Å². The van der Waals surface area contributed by atoms with Crippen LogP contribution in [0.3, 0.4) is 0 Å². The second-order valence-corrected chi connectivity index (χ2v) is 8.27. The monoisotopic (exact) mass is 454 g/mol. The van der Waals surface area contributed by atoms with Crippen molar-refractivity contribution in [2.24, 2.45) is 0 Å². The zero-order valence-corrected chi connectivity index (χ0v) is 19.4. The minimum atomic E-state index is -0.345. The number of carbonyl (C=O) groups excluding carboxylic acids is 1. The first-order chi connectivity index (χ1) is 16.6. The minimum Gasteiger partial charge on any atom is -0.493 e. The number of aromatic amines is 1. The van der Waals surface area contributed by atoms with E-state index < -0.39 is 0 Å². The first-order valence-corrected chi connectivity index (χ1v) is 11.3. The first-order valence-electron chi connectivity index (χ1n) is 11.3. The van der Waals surface area contributed by atoms with Gasteiger partial charge < -0.3 is 14.4 Å². The zero-order valence-electron chi connectivity index (χ0n) is 19.4. The minimum absolute atomic E-state index is 0.0948. The van der Waals surface area contributed by atoms with Crippen molar-refractivity contribution in [1.82, 2.24) is 20.1 Å². The van der Waals surface area contributed by atoms with Gasteiger partial charge in [-0.05, 0) is 43.2 Å². The molecule has 2 aromatic carbocycles. The van der Waals surface area contributed by atoms with E-state index in [0.717, 1.165) is 33.5 Å². The Morgan fingerprint density at radius 1 is 1.09 bits per heavy atom. The van der Waals surface area contributed by atoms with Gasteiger partial charge in [-0.1, -0.05) is 42.0 Å². The van der Waals surface area contributed by atoms with Gasteiger partial charge in [-0.15, -0.1) is 0 Å². The van der Waals surface area contributed by atoms with Gasteiger partial charge in [-0.2, -0.15) is 5.10 Å². The van der Waals surface area contributed by atoms with Crippen LogP contribution >= 0.6 is 0 Å². The molecule has 1 aliphatic rings. The van der Waals surface area contributed by atoms with Crippen LogP contribution in [-0.4, -0.2) is 39.7 Å². The van der Waals surface area contributed by atoms with E-state index in [1.165, 1.54) is 0 Å². The topological polar surface area (TPSA) is 80.3 Å². The Kier molecular flexibility index (Phi) is 5.76. The molecular weight excluding hydrogens is 428 g/mol. The van der Waals surface area contributed by atoms with Gasteiger partial charge in [-0.3, -0.25) is 14.9 Å². The van der Waals surface area contributed by atoms with Gasteiger partial charge in [0.25, 0.3) is 5.91 Å². The first kappa shape index (κ1) is 21.7. The van der Waals surface area contributed by atoms with Crippen LogP contribution in [0.4, 0.5) is 0 Å². The SMILES string of the molecule is CCOc1ccc(C2c3c(-c4ccc(C)cc4)n[nH]c3C(=O)N2Cc2cccnc2)cc1OC. The number of amides is 1. The van der Waals surface area contributed by atoms with Gasteiger partial charge in [-0.25, -0.2) is 0 Å². The second-order valence-electron chi connectivity index (χ2n) is 8.27. The number of aromatic nitrogens is 3. The molecule has 0 aliphatic carbocycles. The van der Waals surface area contributed by atoms with E-state index in [4.69, 9.17) is 9.47 Å². The molecule has 7 nitrogen and oxygen atoms in total. The third kappa shape index (κ3) is 3.79. The molecule has 4 aromatic rings. The van der Waals surface area contributed by atoms with Crippen molar-refractivity contribution in [3.05, 3.63) is 94.9 Å². The number of carbonyl (C=O) groups is 1. The number of pyridine rings is 1. The van der Waals surface area contributed by atoms with Crippen molar-refractivity contribution in [3.8, 4) is 22.8 Å². The number of H-pyrrole nitrogens is 1. The Morgan fingerprint density at radius 3 is 2.62 bits per heavy atom. The van der Waals surface area contributed by atoms with Crippen molar-refractivity contribution in [3.63, 3.8) is 0 Å². The molecule has 1 unspecified atom stereocenters. The lowest BCUT2D eigenvalue weighted by Crippen LogP contribution is -2.29. The number of nitrogens with one attached hydrogen (secondary N) is 1. The summed E-state index contributed by atoms with van der Waals surface area (Å²) in [4.78, 5) is 19.7. The highest BCUT2D eigenvalue weighted by Crippen LogP contribution is 2.45. The molecule has 0 saturated carbocycles. The highest BCUT2D eigenvalue weighted by Gasteiger charge is 2.42. The quantitative estimate of drug-likeness (QED) is 0.428. The molecule has 3 heterocycles. The summed E-state index contributed by atoms with van der Waals surface area (Å²) in [6.07, 6.45) is 3.51. The number of nitrogens with zero attached hydrogens (tertiary/aromatic N) is 3. The predicted molar refractivity (Wildman–Crippen MR) is 129 cm³/mol. The Balaban J connectivity index is 1.65. The standard InChI is InChI=1S/C27H26N4O3/c1-4-34-21-12-11-20(14-22(21)33-3)26-23-24(19-9-7-17(2)8-10-19)29-30-25(23)27(32)31(26)16-18-6-5-13-28-15-18/h5-15,26H,4,16H2,1-3H3,(H,29,30). The lowest BCUT2D eigenvalue weighted by Gasteiger charge is -2.27. The molecule has 34 heavy (non-hydrogen) atoms. The number of benzene rings is 2. The summed E-state index contributed by atoms with van der Waals surface area (Å²) in [6.45, 7) is 4.94. The molecule has 2 aromatic heterocycles. The normalized spacial score (nSPS) is 14.9. The largest absolute Gasteiger partial charge is 0.493 e. The lowest BCUT2D eigenvalue weighted by molar-refractivity contribution is 0.0729. The summed E-state index contributed by atoms with van der Waals surface area (Å²) in [5.41, 5.74) is 6.15. The highest BCUT2D eigenvalue weighted by molar-refractivity contribution is 6.00. The van der Waals surface area contributed by atoms with E-state index >= 15 is 0 Å². The maximum Gasteiger partial charge on any atom is 0.273 e. The van der Waals surface area contributed by atoms with Gasteiger partial charge in [0.1, 0.15) is 5.69 Å². The molecule has 0 saturated heterocycles. The molecule has 1 atom stereocenters. The van der Waals surface area contributed by atoms with Crippen LogP contribution in [-0.2, 0) is 6.54 Å². The Bertz CT molecular complexity index is 1320. The van der Waals surface area contributed by atoms with E-state index in [1.807, 2.05) is 61.2 Å². The Labute approximate surface area is 198 Å². The van der Waals surface area contributed by atoms with Crippen LogP contribution in [0.15, 0.2) is 67.0 Å². The van der Waals surface area contributed by atoms with Gasteiger partial charge in [0.05, 0.1) is 25.5 Å². The van der Waals surface area contributed by atoms with Gasteiger partial charge in [0, 0.05) is 30.1 Å². The zero-order chi connectivity index (χ0) is 23.7. The van der Waals surface area contributed by atoms with Crippen molar-refractivity contribution in [2.45, 2.75) is 26.4 Å². The third-order valence-corrected chi connectivity index (χ3v) is 6.07. The molecule has 0 fully saturated rings. The lowest BCUT2D eigenvalue weighted by atomic mass is 9.95. The number of fused-ring (bicyclic) bond motifs is 1. The summed E-state index contributed by atoms with van der Waals surface area (Å²) in [6, 6.07) is 17.5. The van der Waals surface area contributed by atoms with Crippen LogP contribution in [0.5, 0.6) is 11.5 Å². The van der Waals surface area contributed by atoms with E-state index in [1.54, 1.807) is 19.5 Å². The fourth-order valence-electron chi connectivity index (χ4n) is 4.46. The summed E-state index contributed by atoms with van der Waals surface area (Å²) in [7, 11) is 1.62. The Hall–Kier alpha value is -4.13. The van der Waals surface area contributed by atoms with Crippen molar-refractivity contribution in [2.75, 3.05) is 13.7 Å². The number of aryl methyl sites for hydroxylation is 1. The highest BCUT2D eigenvalue weighted by atomic mass is 16.5. The van der Waals surface area contributed by atoms with Crippen LogP contribution in [0.2, 0.25) is 0 Å². The molecule has 5 rings (SSSR count). The summed E-state index contributed by atoms with van der Waals surface area (Å²) in [5, 5.41) is 7.57. The fraction of sp³-hybridized carbons (Fsp3) is 0.222. The predicted octanol–water partition coefficient (Wildman–Crippen LogP) is 4.93. The van der Waals surface area contributed by atoms with Gasteiger partial charge in [0.2, 0.25) is 0 Å². The number of methoxy groups -OCH3 is 1. The summed E-state index contributed by atoms with van der Waals surface area (Å²) < 4.78 is 11.3. The molecule has 172 valence electrons. The number of hydrogen-bond donors (Lipinski definition) is 1. The van der Waals surface area contributed by atoms with Crippen LogP contribution in [0.25, 0.3) is 11.3 Å². The van der Waals surface area contributed by atoms with Gasteiger partial charge in [0.15, 0.2) is 11.5 Å². The smallest absolute Gasteiger partial charge is 0.273 e. The maximum absolute atomic E-state index is 13.6. The molecule has 7 heteroatoms. The van der Waals surface area contributed by atoms with Crippen molar-refractivity contribution in [1.29, 1.82) is 0 Å². The second kappa shape index (κ2) is 9.02.